The Morgan fingerprint density at radius 2 is 0.879 bits per heavy atom. The Hall–Kier alpha value is -5.86. The van der Waals surface area contributed by atoms with Crippen LogP contribution in [0.4, 0.5) is 9.59 Å². The average molecular weight is 795 g/mol. The summed E-state index contributed by atoms with van der Waals surface area (Å²) in [5.41, 5.74) is 2.91. The van der Waals surface area contributed by atoms with Gasteiger partial charge >= 0.3 is 12.1 Å². The maximum atomic E-state index is 14.0. The number of amides is 6. The predicted molar refractivity (Wildman–Crippen MR) is 222 cm³/mol. The molecule has 0 aliphatic rings. The van der Waals surface area contributed by atoms with E-state index in [9.17, 15) is 29.4 Å². The average Bonchev–Trinajstić information content (AvgIpc) is 3.21. The van der Waals surface area contributed by atoms with Gasteiger partial charge < -0.3 is 41.3 Å². The van der Waals surface area contributed by atoms with Gasteiger partial charge in [0.25, 0.3) is 0 Å². The lowest BCUT2D eigenvalue weighted by Gasteiger charge is -2.35. The number of urea groups is 2. The number of nitrogens with one attached hydrogen (secondary N) is 4. The van der Waals surface area contributed by atoms with Crippen LogP contribution in [0.15, 0.2) is 109 Å². The summed E-state index contributed by atoms with van der Waals surface area (Å²) in [6.45, 7) is 7.63. The zero-order valence-electron chi connectivity index (χ0n) is 34.2. The van der Waals surface area contributed by atoms with Crippen molar-refractivity contribution in [3.05, 3.63) is 132 Å². The Labute approximate surface area is 341 Å². The summed E-state index contributed by atoms with van der Waals surface area (Å²) in [6.07, 6.45) is 0.347. The number of rotatable bonds is 19. The molecular formula is C44H58N8O6. The van der Waals surface area contributed by atoms with Crippen LogP contribution in [-0.2, 0) is 35.5 Å². The maximum absolute atomic E-state index is 14.0. The van der Waals surface area contributed by atoms with E-state index in [-0.39, 0.29) is 37.8 Å². The van der Waals surface area contributed by atoms with Gasteiger partial charge in [0.2, 0.25) is 11.8 Å². The molecule has 0 aliphatic heterocycles. The van der Waals surface area contributed by atoms with Crippen LogP contribution in [0.1, 0.15) is 50.2 Å². The first-order valence-corrected chi connectivity index (χ1v) is 19.6. The maximum Gasteiger partial charge on any atom is 0.318 e. The molecule has 2 aromatic heterocycles. The summed E-state index contributed by atoms with van der Waals surface area (Å²) in [6, 6.07) is 24.2. The minimum Gasteiger partial charge on any atom is -0.388 e. The third-order valence-electron chi connectivity index (χ3n) is 9.83. The third kappa shape index (κ3) is 13.7. The van der Waals surface area contributed by atoms with Crippen LogP contribution in [-0.4, -0.2) is 104 Å². The zero-order valence-corrected chi connectivity index (χ0v) is 34.2. The predicted octanol–water partition coefficient (Wildman–Crippen LogP) is 3.69. The number of aliphatic hydroxyl groups excluding tert-OH is 2. The van der Waals surface area contributed by atoms with Crippen LogP contribution in [0.3, 0.4) is 0 Å². The third-order valence-corrected chi connectivity index (χ3v) is 9.83. The van der Waals surface area contributed by atoms with Gasteiger partial charge in [0.15, 0.2) is 0 Å². The number of benzene rings is 2. The molecule has 6 atom stereocenters. The molecule has 0 aliphatic carbocycles. The van der Waals surface area contributed by atoms with Gasteiger partial charge in [0.1, 0.15) is 24.3 Å². The second-order valence-electron chi connectivity index (χ2n) is 15.3. The molecule has 0 saturated carbocycles. The lowest BCUT2D eigenvalue weighted by molar-refractivity contribution is -0.129. The number of hydrogen-bond donors (Lipinski definition) is 6. The molecule has 6 N–H and O–H groups in total. The number of carbonyl (C=O) groups excluding carboxylic acids is 4. The molecule has 2 unspecified atom stereocenters. The van der Waals surface area contributed by atoms with E-state index in [2.05, 4.69) is 31.2 Å². The van der Waals surface area contributed by atoms with Crippen molar-refractivity contribution in [3.8, 4) is 0 Å². The molecule has 0 fully saturated rings. The normalized spacial score (nSPS) is 14.3. The minimum absolute atomic E-state index is 0.127. The van der Waals surface area contributed by atoms with Crippen molar-refractivity contribution in [1.82, 2.24) is 41.0 Å². The van der Waals surface area contributed by atoms with Crippen molar-refractivity contribution in [2.45, 2.75) is 90.0 Å². The molecule has 6 amide bonds. The molecule has 0 spiro atoms. The summed E-state index contributed by atoms with van der Waals surface area (Å²) < 4.78 is 0. The van der Waals surface area contributed by atoms with E-state index in [1.165, 1.54) is 9.80 Å². The van der Waals surface area contributed by atoms with Crippen molar-refractivity contribution >= 4 is 23.9 Å². The van der Waals surface area contributed by atoms with Gasteiger partial charge in [-0.25, -0.2) is 9.59 Å². The molecule has 0 saturated heterocycles. The first-order chi connectivity index (χ1) is 27.7. The Kier molecular flexibility index (Phi) is 17.1. The van der Waals surface area contributed by atoms with Crippen LogP contribution < -0.4 is 21.3 Å². The highest BCUT2D eigenvalue weighted by Gasteiger charge is 2.38. The van der Waals surface area contributed by atoms with Gasteiger partial charge in [-0.05, 0) is 60.1 Å². The first-order valence-electron chi connectivity index (χ1n) is 19.6. The minimum atomic E-state index is -1.59. The number of carbonyl (C=O) groups is 4. The van der Waals surface area contributed by atoms with Gasteiger partial charge in [0, 0.05) is 26.5 Å². The van der Waals surface area contributed by atoms with Crippen LogP contribution >= 0.6 is 0 Å². The molecule has 0 radical (unpaired) electrons. The topological polar surface area (TPSA) is 189 Å². The molecule has 310 valence electrons. The molecule has 14 heteroatoms. The largest absolute Gasteiger partial charge is 0.388 e. The molecular weight excluding hydrogens is 737 g/mol. The van der Waals surface area contributed by atoms with E-state index in [1.807, 2.05) is 72.8 Å². The standard InChI is InChI=1S/C44H58N8O6/c1-29(2)37(49-43(57)51(5)27-33-21-13-15-23-45-33)41(55)47-35(25-31-17-9-7-10-18-31)39(53)40(54)36(26-32-19-11-8-12-20-32)48-42(56)38(30(3)4)50-44(58)52(6)28-34-22-14-16-24-46-34/h7-24,29-30,35-40,53-54H,25-28H2,1-6H3,(H,47,55)(H,48,56)(H,49,57)(H,50,58)/t35-,36-,37?,38?,39+,40+/m0/s1. The summed E-state index contributed by atoms with van der Waals surface area (Å²) in [5.74, 6) is -1.79. The van der Waals surface area contributed by atoms with Crippen molar-refractivity contribution in [2.24, 2.45) is 11.8 Å². The summed E-state index contributed by atoms with van der Waals surface area (Å²) in [4.78, 5) is 66.0. The fourth-order valence-electron chi connectivity index (χ4n) is 6.44. The number of nitrogens with zero attached hydrogens (tertiary/aromatic N) is 4. The van der Waals surface area contributed by atoms with E-state index in [1.54, 1.807) is 78.4 Å². The summed E-state index contributed by atoms with van der Waals surface area (Å²) in [7, 11) is 3.21. The van der Waals surface area contributed by atoms with Gasteiger partial charge in [-0.3, -0.25) is 19.6 Å². The van der Waals surface area contributed by atoms with Crippen LogP contribution in [0, 0.1) is 11.8 Å². The van der Waals surface area contributed by atoms with Crippen molar-refractivity contribution in [1.29, 1.82) is 0 Å². The SMILES string of the molecule is CC(C)C(NC(=O)N(C)Cc1ccccn1)C(=O)N[C@@H](Cc1ccccc1)[C@@H](O)[C@H](O)[C@H](Cc1ccccc1)NC(=O)C(NC(=O)N(C)Cc1ccccn1)C(C)C. The van der Waals surface area contributed by atoms with Gasteiger partial charge in [-0.1, -0.05) is 100 Å². The van der Waals surface area contributed by atoms with Crippen molar-refractivity contribution < 1.29 is 29.4 Å². The summed E-state index contributed by atoms with van der Waals surface area (Å²) >= 11 is 0. The molecule has 14 nitrogen and oxygen atoms in total. The van der Waals surface area contributed by atoms with E-state index in [4.69, 9.17) is 0 Å². The first kappa shape index (κ1) is 44.8. The fourth-order valence-corrected chi connectivity index (χ4v) is 6.44. The molecule has 0 bridgehead atoms. The second-order valence-corrected chi connectivity index (χ2v) is 15.3. The zero-order chi connectivity index (χ0) is 42.2. The van der Waals surface area contributed by atoms with Crippen molar-refractivity contribution in [3.63, 3.8) is 0 Å². The van der Waals surface area contributed by atoms with Crippen LogP contribution in [0.25, 0.3) is 0 Å². The van der Waals surface area contributed by atoms with E-state index >= 15 is 0 Å². The number of aromatic nitrogens is 2. The highest BCUT2D eigenvalue weighted by atomic mass is 16.3. The number of hydrogen-bond acceptors (Lipinski definition) is 8. The highest BCUT2D eigenvalue weighted by Crippen LogP contribution is 2.17. The molecule has 58 heavy (non-hydrogen) atoms. The molecule has 2 aromatic carbocycles. The van der Waals surface area contributed by atoms with Gasteiger partial charge in [0.05, 0.1) is 36.6 Å². The van der Waals surface area contributed by atoms with Gasteiger partial charge in [-0.15, -0.1) is 0 Å². The fraction of sp³-hybridized carbons (Fsp3) is 0.409. The lowest BCUT2D eigenvalue weighted by Crippen LogP contribution is -2.62. The Morgan fingerprint density at radius 3 is 1.19 bits per heavy atom. The highest BCUT2D eigenvalue weighted by molar-refractivity contribution is 5.88. The summed E-state index contributed by atoms with van der Waals surface area (Å²) in [5, 5.41) is 35.5. The molecule has 4 rings (SSSR count). The van der Waals surface area contributed by atoms with Crippen LogP contribution in [0.2, 0.25) is 0 Å². The Bertz CT molecular complexity index is 1730. The van der Waals surface area contributed by atoms with E-state index in [0.717, 1.165) is 11.1 Å². The lowest BCUT2D eigenvalue weighted by atomic mass is 9.90. The number of pyridine rings is 2. The molecule has 2 heterocycles. The van der Waals surface area contributed by atoms with Gasteiger partial charge in [-0.2, -0.15) is 0 Å². The molecule has 4 aromatic rings. The van der Waals surface area contributed by atoms with E-state index < -0.39 is 60.3 Å². The smallest absolute Gasteiger partial charge is 0.318 e. The monoisotopic (exact) mass is 794 g/mol. The van der Waals surface area contributed by atoms with Crippen molar-refractivity contribution in [2.75, 3.05) is 14.1 Å². The van der Waals surface area contributed by atoms with E-state index in [0.29, 0.717) is 11.4 Å². The second kappa shape index (κ2) is 22.2. The number of aliphatic hydroxyl groups is 2. The van der Waals surface area contributed by atoms with Crippen LogP contribution in [0.5, 0.6) is 0 Å². The Balaban J connectivity index is 1.56. The quantitative estimate of drug-likeness (QED) is 0.0829. The Morgan fingerprint density at radius 1 is 0.534 bits per heavy atom.